The van der Waals surface area contributed by atoms with Crippen LogP contribution in [0.3, 0.4) is 0 Å². The summed E-state index contributed by atoms with van der Waals surface area (Å²) in [4.78, 5) is 54.8. The Morgan fingerprint density at radius 2 is 1.55 bits per heavy atom. The molecule has 1 N–H and O–H groups in total. The third-order valence-corrected chi connectivity index (χ3v) is 8.22. The van der Waals surface area contributed by atoms with Gasteiger partial charge in [0.15, 0.2) is 5.78 Å². The van der Waals surface area contributed by atoms with Gasteiger partial charge >= 0.3 is 0 Å². The standard InChI is InChI=1S/C36H48N2O4/c1-3-5-7-8-10-21-33(34(40)23-22-29-18-15-17-28-16-11-12-20-32(28)29)37-36(42)30(26-31(39)19-9-6-4-2)27-35(41)38-24-13-14-25-38/h3-4,11-12,15-18,20,30,33H,1-2,5-10,13-14,19,21-27H2,(H,37,42)/t30-,33-/m0/s1. The summed E-state index contributed by atoms with van der Waals surface area (Å²) in [6.45, 7) is 8.88. The number of likely N-dealkylation sites (tertiary alicyclic amines) is 1. The van der Waals surface area contributed by atoms with E-state index in [2.05, 4.69) is 42.7 Å². The second-order valence-corrected chi connectivity index (χ2v) is 11.5. The third kappa shape index (κ3) is 10.7. The molecule has 0 aliphatic carbocycles. The largest absolute Gasteiger partial charge is 0.346 e. The zero-order valence-corrected chi connectivity index (χ0v) is 25.2. The van der Waals surface area contributed by atoms with Gasteiger partial charge < -0.3 is 10.2 Å². The van der Waals surface area contributed by atoms with Crippen molar-refractivity contribution in [2.45, 2.75) is 95.9 Å². The predicted molar refractivity (Wildman–Crippen MR) is 170 cm³/mol. The number of nitrogens with one attached hydrogen (secondary N) is 1. The van der Waals surface area contributed by atoms with Gasteiger partial charge in [0.25, 0.3) is 0 Å². The predicted octanol–water partition coefficient (Wildman–Crippen LogP) is 6.91. The highest BCUT2D eigenvalue weighted by atomic mass is 16.2. The van der Waals surface area contributed by atoms with Crippen LogP contribution in [0.4, 0.5) is 0 Å². The van der Waals surface area contributed by atoms with Gasteiger partial charge in [0, 0.05) is 38.8 Å². The summed E-state index contributed by atoms with van der Waals surface area (Å²) in [6, 6.07) is 13.6. The van der Waals surface area contributed by atoms with Crippen LogP contribution in [0.1, 0.15) is 89.0 Å². The molecule has 2 amide bonds. The first-order chi connectivity index (χ1) is 20.4. The van der Waals surface area contributed by atoms with Crippen LogP contribution in [0.5, 0.6) is 0 Å². The van der Waals surface area contributed by atoms with Crippen molar-refractivity contribution < 1.29 is 19.2 Å². The lowest BCUT2D eigenvalue weighted by Crippen LogP contribution is -2.45. The molecule has 0 radical (unpaired) electrons. The van der Waals surface area contributed by atoms with E-state index >= 15 is 0 Å². The number of fused-ring (bicyclic) bond motifs is 1. The summed E-state index contributed by atoms with van der Waals surface area (Å²) in [5, 5.41) is 5.27. The highest BCUT2D eigenvalue weighted by Gasteiger charge is 2.30. The number of Topliss-reactive ketones (excluding diaryl/α,β-unsaturated/α-hetero) is 2. The molecule has 6 heteroatoms. The van der Waals surface area contributed by atoms with E-state index in [1.165, 1.54) is 0 Å². The van der Waals surface area contributed by atoms with Crippen molar-refractivity contribution in [3.63, 3.8) is 0 Å². The lowest BCUT2D eigenvalue weighted by atomic mass is 9.92. The van der Waals surface area contributed by atoms with Crippen molar-refractivity contribution in [3.8, 4) is 0 Å². The van der Waals surface area contributed by atoms with Crippen LogP contribution in [0, 0.1) is 5.92 Å². The van der Waals surface area contributed by atoms with Crippen molar-refractivity contribution in [1.82, 2.24) is 10.2 Å². The second kappa shape index (κ2) is 18.1. The minimum atomic E-state index is -0.775. The molecule has 0 saturated carbocycles. The molecular formula is C36H48N2O4. The smallest absolute Gasteiger partial charge is 0.224 e. The Balaban J connectivity index is 1.70. The highest BCUT2D eigenvalue weighted by molar-refractivity contribution is 5.94. The SMILES string of the molecule is C=CCCCCC[C@H](NC(=O)[C@@H](CC(=O)CCCC=C)CC(=O)N1CCCC1)C(=O)CCc1cccc2ccccc12. The van der Waals surface area contributed by atoms with Crippen LogP contribution in [0.25, 0.3) is 10.8 Å². The molecule has 1 aliphatic rings. The first-order valence-electron chi connectivity index (χ1n) is 15.7. The molecule has 2 aromatic carbocycles. The van der Waals surface area contributed by atoms with Gasteiger partial charge in [-0.2, -0.15) is 0 Å². The first-order valence-corrected chi connectivity index (χ1v) is 15.7. The number of hydrogen-bond acceptors (Lipinski definition) is 4. The fraction of sp³-hybridized carbons (Fsp3) is 0.500. The van der Waals surface area contributed by atoms with Crippen molar-refractivity contribution in [3.05, 3.63) is 73.3 Å². The van der Waals surface area contributed by atoms with Gasteiger partial charge in [-0.15, -0.1) is 13.2 Å². The molecule has 42 heavy (non-hydrogen) atoms. The van der Waals surface area contributed by atoms with Crippen molar-refractivity contribution in [2.24, 2.45) is 5.92 Å². The first kappa shape index (κ1) is 33.0. The van der Waals surface area contributed by atoms with E-state index in [4.69, 9.17) is 0 Å². The van der Waals surface area contributed by atoms with Gasteiger partial charge in [-0.25, -0.2) is 0 Å². The summed E-state index contributed by atoms with van der Waals surface area (Å²) in [7, 11) is 0. The normalized spacial score (nSPS) is 14.3. The van der Waals surface area contributed by atoms with Crippen LogP contribution in [-0.4, -0.2) is 47.4 Å². The van der Waals surface area contributed by atoms with Crippen molar-refractivity contribution in [2.75, 3.05) is 13.1 Å². The molecule has 226 valence electrons. The fourth-order valence-electron chi connectivity index (χ4n) is 5.74. The number of carbonyl (C=O) groups excluding carboxylic acids is 4. The summed E-state index contributed by atoms with van der Waals surface area (Å²) < 4.78 is 0. The van der Waals surface area contributed by atoms with Gasteiger partial charge in [0.05, 0.1) is 12.0 Å². The molecule has 1 fully saturated rings. The van der Waals surface area contributed by atoms with E-state index in [9.17, 15) is 19.2 Å². The minimum Gasteiger partial charge on any atom is -0.346 e. The van der Waals surface area contributed by atoms with E-state index in [-0.39, 0.29) is 36.2 Å². The van der Waals surface area contributed by atoms with Crippen molar-refractivity contribution in [1.29, 1.82) is 0 Å². The number of unbranched alkanes of at least 4 members (excludes halogenated alkanes) is 4. The molecular weight excluding hydrogens is 524 g/mol. The lowest BCUT2D eigenvalue weighted by Gasteiger charge is -2.24. The molecule has 2 aromatic rings. The Morgan fingerprint density at radius 3 is 2.31 bits per heavy atom. The maximum Gasteiger partial charge on any atom is 0.224 e. The number of nitrogens with zero attached hydrogens (tertiary/aromatic N) is 1. The molecule has 0 bridgehead atoms. The number of allylic oxidation sites excluding steroid dienone is 2. The number of carbonyl (C=O) groups is 4. The van der Waals surface area contributed by atoms with E-state index in [1.54, 1.807) is 11.0 Å². The molecule has 0 spiro atoms. The second-order valence-electron chi connectivity index (χ2n) is 11.5. The topological polar surface area (TPSA) is 83.6 Å². The number of aryl methyl sites for hydroxylation is 1. The fourth-order valence-corrected chi connectivity index (χ4v) is 5.74. The molecule has 0 unspecified atom stereocenters. The lowest BCUT2D eigenvalue weighted by molar-refractivity contribution is -0.138. The average molecular weight is 573 g/mol. The van der Waals surface area contributed by atoms with Gasteiger partial charge in [-0.3, -0.25) is 19.2 Å². The monoisotopic (exact) mass is 572 g/mol. The van der Waals surface area contributed by atoms with Crippen LogP contribution in [-0.2, 0) is 25.6 Å². The summed E-state index contributed by atoms with van der Waals surface area (Å²) in [6.07, 6.45) is 12.4. The Hall–Kier alpha value is -3.54. The molecule has 3 rings (SSSR count). The van der Waals surface area contributed by atoms with Gasteiger partial charge in [0.2, 0.25) is 11.8 Å². The number of rotatable bonds is 20. The molecule has 6 nitrogen and oxygen atoms in total. The van der Waals surface area contributed by atoms with Crippen LogP contribution < -0.4 is 5.32 Å². The number of hydrogen-bond donors (Lipinski definition) is 1. The van der Waals surface area contributed by atoms with E-state index in [1.807, 2.05) is 24.3 Å². The molecule has 2 atom stereocenters. The third-order valence-electron chi connectivity index (χ3n) is 8.22. The zero-order valence-electron chi connectivity index (χ0n) is 25.2. The Labute approximate surface area is 251 Å². The summed E-state index contributed by atoms with van der Waals surface area (Å²) in [5.74, 6) is -1.27. The number of ketones is 2. The Morgan fingerprint density at radius 1 is 0.833 bits per heavy atom. The van der Waals surface area contributed by atoms with E-state index < -0.39 is 12.0 Å². The zero-order chi connectivity index (χ0) is 30.2. The highest BCUT2D eigenvalue weighted by Crippen LogP contribution is 2.22. The minimum absolute atomic E-state index is 0.00468. The van der Waals surface area contributed by atoms with Crippen LogP contribution >= 0.6 is 0 Å². The molecule has 1 aliphatic heterocycles. The summed E-state index contributed by atoms with van der Waals surface area (Å²) >= 11 is 0. The van der Waals surface area contributed by atoms with Gasteiger partial charge in [-0.05, 0) is 67.7 Å². The molecule has 0 aromatic heterocycles. The van der Waals surface area contributed by atoms with E-state index in [0.717, 1.165) is 61.3 Å². The maximum atomic E-state index is 13.6. The molecule has 1 saturated heterocycles. The Kier molecular flexibility index (Phi) is 14.2. The Bertz CT molecular complexity index is 1210. The summed E-state index contributed by atoms with van der Waals surface area (Å²) in [5.41, 5.74) is 1.11. The van der Waals surface area contributed by atoms with Gasteiger partial charge in [-0.1, -0.05) is 67.5 Å². The maximum absolute atomic E-state index is 13.6. The van der Waals surface area contributed by atoms with E-state index in [0.29, 0.717) is 45.2 Å². The van der Waals surface area contributed by atoms with Crippen LogP contribution in [0.15, 0.2) is 67.8 Å². The van der Waals surface area contributed by atoms with Gasteiger partial charge in [0.1, 0.15) is 5.78 Å². The average Bonchev–Trinajstić information content (AvgIpc) is 3.54. The quantitative estimate of drug-likeness (QED) is 0.138. The molecule has 1 heterocycles. The number of amides is 2. The van der Waals surface area contributed by atoms with Crippen molar-refractivity contribution >= 4 is 34.2 Å². The number of benzene rings is 2. The van der Waals surface area contributed by atoms with Crippen LogP contribution in [0.2, 0.25) is 0 Å².